The Morgan fingerprint density at radius 1 is 1.37 bits per heavy atom. The Morgan fingerprint density at radius 3 is 2.74 bits per heavy atom. The van der Waals surface area contributed by atoms with Crippen LogP contribution in [-0.2, 0) is 4.74 Å². The van der Waals surface area contributed by atoms with Crippen molar-refractivity contribution in [3.8, 4) is 5.88 Å². The second kappa shape index (κ2) is 6.54. The standard InChI is InChI=1S/C18H24F2N4O3/c1-17(2)11-26-6-5-24(17)16(25)13-7-21-14(23-9-18(19,20)10-23)15(22-13)27-8-12-3-4-12/h7,12H,3-6,8-11H2,1-2H3. The van der Waals surface area contributed by atoms with Crippen molar-refractivity contribution in [2.24, 2.45) is 5.92 Å². The third-order valence-electron chi connectivity index (χ3n) is 5.13. The minimum Gasteiger partial charge on any atom is -0.475 e. The highest BCUT2D eigenvalue weighted by molar-refractivity contribution is 5.93. The lowest BCUT2D eigenvalue weighted by Gasteiger charge is -2.42. The summed E-state index contributed by atoms with van der Waals surface area (Å²) >= 11 is 0. The van der Waals surface area contributed by atoms with Crippen LogP contribution < -0.4 is 9.64 Å². The molecular formula is C18H24F2N4O3. The first-order valence-electron chi connectivity index (χ1n) is 9.27. The van der Waals surface area contributed by atoms with Crippen LogP contribution in [0.3, 0.4) is 0 Å². The number of rotatable bonds is 5. The maximum Gasteiger partial charge on any atom is 0.282 e. The summed E-state index contributed by atoms with van der Waals surface area (Å²) in [4.78, 5) is 24.7. The van der Waals surface area contributed by atoms with Crippen LogP contribution >= 0.6 is 0 Å². The Bertz CT molecular complexity index is 731. The Morgan fingerprint density at radius 2 is 2.11 bits per heavy atom. The predicted molar refractivity (Wildman–Crippen MR) is 93.3 cm³/mol. The molecule has 4 rings (SSSR count). The fourth-order valence-electron chi connectivity index (χ4n) is 3.30. The number of ether oxygens (including phenoxy) is 2. The van der Waals surface area contributed by atoms with E-state index in [0.717, 1.165) is 12.8 Å². The molecule has 3 fully saturated rings. The zero-order valence-corrected chi connectivity index (χ0v) is 15.6. The SMILES string of the molecule is CC1(C)COCCN1C(=O)c1cnc(N2CC(F)(F)C2)c(OCC2CC2)n1. The Balaban J connectivity index is 1.57. The molecule has 9 heteroatoms. The number of amides is 1. The van der Waals surface area contributed by atoms with Gasteiger partial charge in [0.2, 0.25) is 0 Å². The summed E-state index contributed by atoms with van der Waals surface area (Å²) in [7, 11) is 0. The van der Waals surface area contributed by atoms with Crippen molar-refractivity contribution in [1.29, 1.82) is 0 Å². The molecule has 3 heterocycles. The summed E-state index contributed by atoms with van der Waals surface area (Å²) in [6.07, 6.45) is 3.53. The van der Waals surface area contributed by atoms with E-state index < -0.39 is 24.6 Å². The van der Waals surface area contributed by atoms with Crippen molar-refractivity contribution < 1.29 is 23.0 Å². The van der Waals surface area contributed by atoms with Crippen LogP contribution in [0.1, 0.15) is 37.2 Å². The molecule has 0 N–H and O–H groups in total. The van der Waals surface area contributed by atoms with Crippen molar-refractivity contribution in [3.63, 3.8) is 0 Å². The number of nitrogens with zero attached hydrogens (tertiary/aromatic N) is 4. The summed E-state index contributed by atoms with van der Waals surface area (Å²) in [5.41, 5.74) is -0.295. The largest absolute Gasteiger partial charge is 0.475 e. The minimum atomic E-state index is -2.72. The lowest BCUT2D eigenvalue weighted by atomic mass is 10.0. The number of hydrogen-bond donors (Lipinski definition) is 0. The second-order valence-electron chi connectivity index (χ2n) is 8.17. The zero-order chi connectivity index (χ0) is 19.2. The smallest absolute Gasteiger partial charge is 0.282 e. The molecule has 1 aromatic heterocycles. The molecule has 2 aliphatic heterocycles. The van der Waals surface area contributed by atoms with Crippen molar-refractivity contribution in [3.05, 3.63) is 11.9 Å². The van der Waals surface area contributed by atoms with Crippen molar-refractivity contribution in [2.75, 3.05) is 44.4 Å². The molecule has 1 amide bonds. The first kappa shape index (κ1) is 18.3. The summed E-state index contributed by atoms with van der Waals surface area (Å²) < 4.78 is 37.7. The first-order valence-corrected chi connectivity index (χ1v) is 9.27. The van der Waals surface area contributed by atoms with Crippen LogP contribution in [-0.4, -0.2) is 71.7 Å². The molecule has 0 unspecified atom stereocenters. The highest BCUT2D eigenvalue weighted by Crippen LogP contribution is 2.36. The Labute approximate surface area is 156 Å². The molecule has 0 aromatic carbocycles. The van der Waals surface area contributed by atoms with E-state index in [9.17, 15) is 13.6 Å². The van der Waals surface area contributed by atoms with Crippen molar-refractivity contribution in [2.45, 2.75) is 38.2 Å². The first-order chi connectivity index (χ1) is 12.8. The maximum absolute atomic E-state index is 13.3. The number of morpholine rings is 1. The molecule has 1 aromatic rings. The quantitative estimate of drug-likeness (QED) is 0.776. The minimum absolute atomic E-state index is 0.159. The number of anilines is 1. The van der Waals surface area contributed by atoms with Crippen LogP contribution in [0.5, 0.6) is 5.88 Å². The van der Waals surface area contributed by atoms with Gasteiger partial charge in [-0.05, 0) is 32.6 Å². The zero-order valence-electron chi connectivity index (χ0n) is 15.6. The van der Waals surface area contributed by atoms with E-state index in [4.69, 9.17) is 9.47 Å². The van der Waals surface area contributed by atoms with Gasteiger partial charge in [0.15, 0.2) is 11.5 Å². The second-order valence-corrected chi connectivity index (χ2v) is 8.17. The van der Waals surface area contributed by atoms with Crippen LogP contribution in [0.2, 0.25) is 0 Å². The number of hydrogen-bond acceptors (Lipinski definition) is 6. The molecule has 0 radical (unpaired) electrons. The van der Waals surface area contributed by atoms with Gasteiger partial charge < -0.3 is 19.3 Å². The molecule has 0 spiro atoms. The van der Waals surface area contributed by atoms with Gasteiger partial charge in [0.05, 0.1) is 44.6 Å². The predicted octanol–water partition coefficient (Wildman–Crippen LogP) is 1.97. The van der Waals surface area contributed by atoms with Crippen LogP contribution in [0.15, 0.2) is 6.20 Å². The van der Waals surface area contributed by atoms with Gasteiger partial charge in [-0.1, -0.05) is 0 Å². The summed E-state index contributed by atoms with van der Waals surface area (Å²) in [5, 5.41) is 0. The highest BCUT2D eigenvalue weighted by Gasteiger charge is 2.46. The number of carbonyl (C=O) groups is 1. The molecule has 27 heavy (non-hydrogen) atoms. The molecule has 2 saturated heterocycles. The van der Waals surface area contributed by atoms with Crippen molar-refractivity contribution in [1.82, 2.24) is 14.9 Å². The fourth-order valence-corrected chi connectivity index (χ4v) is 3.30. The third-order valence-corrected chi connectivity index (χ3v) is 5.13. The van der Waals surface area contributed by atoms with E-state index in [1.807, 2.05) is 13.8 Å². The number of carbonyl (C=O) groups excluding carboxylic acids is 1. The van der Waals surface area contributed by atoms with Gasteiger partial charge in [0.25, 0.3) is 17.7 Å². The average molecular weight is 382 g/mol. The fraction of sp³-hybridized carbons (Fsp3) is 0.722. The topological polar surface area (TPSA) is 67.8 Å². The normalized spacial score (nSPS) is 23.7. The molecule has 148 valence electrons. The van der Waals surface area contributed by atoms with Gasteiger partial charge in [-0.2, -0.15) is 0 Å². The van der Waals surface area contributed by atoms with E-state index in [1.165, 1.54) is 11.1 Å². The lowest BCUT2D eigenvalue weighted by Crippen LogP contribution is -2.57. The van der Waals surface area contributed by atoms with E-state index in [0.29, 0.717) is 32.3 Å². The molecule has 0 atom stereocenters. The molecule has 1 aliphatic carbocycles. The van der Waals surface area contributed by atoms with Gasteiger partial charge in [0.1, 0.15) is 0 Å². The van der Waals surface area contributed by atoms with Gasteiger partial charge >= 0.3 is 0 Å². The van der Waals surface area contributed by atoms with E-state index in [-0.39, 0.29) is 23.3 Å². The van der Waals surface area contributed by atoms with Gasteiger partial charge in [0, 0.05) is 6.54 Å². The maximum atomic E-state index is 13.3. The van der Waals surface area contributed by atoms with Crippen LogP contribution in [0, 0.1) is 5.92 Å². The molecule has 0 bridgehead atoms. The lowest BCUT2D eigenvalue weighted by molar-refractivity contribution is -0.0374. The highest BCUT2D eigenvalue weighted by atomic mass is 19.3. The molecule has 7 nitrogen and oxygen atoms in total. The molecule has 1 saturated carbocycles. The van der Waals surface area contributed by atoms with Crippen molar-refractivity contribution >= 4 is 11.7 Å². The molecular weight excluding hydrogens is 358 g/mol. The summed E-state index contributed by atoms with van der Waals surface area (Å²) in [6.45, 7) is 4.87. The Hall–Kier alpha value is -2.03. The average Bonchev–Trinajstić information content (AvgIpc) is 3.41. The monoisotopic (exact) mass is 382 g/mol. The van der Waals surface area contributed by atoms with E-state index in [1.54, 1.807) is 4.90 Å². The van der Waals surface area contributed by atoms with Crippen LogP contribution in [0.4, 0.5) is 14.6 Å². The van der Waals surface area contributed by atoms with E-state index in [2.05, 4.69) is 9.97 Å². The third kappa shape index (κ3) is 3.83. The van der Waals surface area contributed by atoms with E-state index >= 15 is 0 Å². The van der Waals surface area contributed by atoms with Crippen LogP contribution in [0.25, 0.3) is 0 Å². The summed E-state index contributed by atoms with van der Waals surface area (Å²) in [5.74, 6) is -2.07. The number of halogens is 2. The van der Waals surface area contributed by atoms with Gasteiger partial charge in [-0.15, -0.1) is 0 Å². The van der Waals surface area contributed by atoms with Gasteiger partial charge in [-0.25, -0.2) is 18.7 Å². The number of aromatic nitrogens is 2. The van der Waals surface area contributed by atoms with Gasteiger partial charge in [-0.3, -0.25) is 4.79 Å². The molecule has 3 aliphatic rings. The number of alkyl halides is 2. The summed E-state index contributed by atoms with van der Waals surface area (Å²) in [6, 6.07) is 0. The Kier molecular flexibility index (Phi) is 4.44.